The van der Waals surface area contributed by atoms with Gasteiger partial charge in [-0.25, -0.2) is 9.37 Å². The predicted octanol–water partition coefficient (Wildman–Crippen LogP) is 5.42. The van der Waals surface area contributed by atoms with Crippen molar-refractivity contribution < 1.29 is 18.7 Å². The van der Waals surface area contributed by atoms with Gasteiger partial charge < -0.3 is 20.7 Å². The van der Waals surface area contributed by atoms with Crippen molar-refractivity contribution in [3.05, 3.63) is 95.2 Å². The number of nitrogens with one attached hydrogen (secondary N) is 3. The highest BCUT2D eigenvalue weighted by Crippen LogP contribution is 2.30. The Morgan fingerprint density at radius 2 is 1.57 bits per heavy atom. The standard InChI is InChI=1S/C38H46FN7O3/c1-24-22-46(23-25(2)41-24)16-15-27-7-5-8-28(18-27)29-9-6-10-33(19-29)49-38-34(20-30(39)21-40-38)36(47)42-31-11-13-32(14-12-31)43-37(48)35-17-26(3)45(4)44-35/h5-10,17-21,24-25,31-32,41H,11-16,22-23H2,1-4H3,(H,42,47)(H,43,48)/t24-,25+,31-,32-. The summed E-state index contributed by atoms with van der Waals surface area (Å²) < 4.78 is 22.2. The lowest BCUT2D eigenvalue weighted by molar-refractivity contribution is 0.0887. The number of carbonyl (C=O) groups excluding carboxylic acids is 2. The second-order valence-electron chi connectivity index (χ2n) is 13.6. The maximum atomic E-state index is 14.4. The van der Waals surface area contributed by atoms with E-state index < -0.39 is 11.7 Å². The van der Waals surface area contributed by atoms with Crippen LogP contribution in [-0.2, 0) is 13.5 Å². The lowest BCUT2D eigenvalue weighted by atomic mass is 9.91. The summed E-state index contributed by atoms with van der Waals surface area (Å²) in [7, 11) is 1.80. The average Bonchev–Trinajstić information content (AvgIpc) is 3.43. The molecule has 2 amide bonds. The van der Waals surface area contributed by atoms with Crippen LogP contribution in [0.2, 0.25) is 0 Å². The minimum absolute atomic E-state index is 0.00878. The highest BCUT2D eigenvalue weighted by Gasteiger charge is 2.27. The van der Waals surface area contributed by atoms with Crippen LogP contribution in [0.4, 0.5) is 4.39 Å². The van der Waals surface area contributed by atoms with Crippen LogP contribution in [-0.4, -0.2) is 75.3 Å². The molecule has 3 heterocycles. The molecule has 2 fully saturated rings. The van der Waals surface area contributed by atoms with E-state index in [1.807, 2.05) is 25.1 Å². The number of nitrogens with zero attached hydrogens (tertiary/aromatic N) is 4. The second kappa shape index (κ2) is 15.3. The highest BCUT2D eigenvalue weighted by atomic mass is 19.1. The molecular formula is C38H46FN7O3. The van der Waals surface area contributed by atoms with Crippen LogP contribution in [0.5, 0.6) is 11.6 Å². The van der Waals surface area contributed by atoms with Crippen LogP contribution in [0.1, 0.15) is 71.6 Å². The van der Waals surface area contributed by atoms with E-state index in [1.54, 1.807) is 23.9 Å². The van der Waals surface area contributed by atoms with Crippen molar-refractivity contribution in [1.82, 2.24) is 35.6 Å². The SMILES string of the molecule is Cc1cc(C(=O)N[C@H]2CC[C@H](NC(=O)c3cc(F)cnc3Oc3cccc(-c4cccc(CCN5C[C@@H](C)N[C@@H](C)C5)c4)c3)CC2)nn1C. The summed E-state index contributed by atoms with van der Waals surface area (Å²) in [6.07, 6.45) is 4.76. The van der Waals surface area contributed by atoms with E-state index >= 15 is 0 Å². The first kappa shape index (κ1) is 34.3. The van der Waals surface area contributed by atoms with E-state index in [0.717, 1.165) is 55.1 Å². The largest absolute Gasteiger partial charge is 0.438 e. The molecule has 6 rings (SSSR count). The molecule has 0 spiro atoms. The van der Waals surface area contributed by atoms with Crippen LogP contribution < -0.4 is 20.7 Å². The molecule has 258 valence electrons. The Morgan fingerprint density at radius 3 is 2.24 bits per heavy atom. The van der Waals surface area contributed by atoms with Gasteiger partial charge in [-0.15, -0.1) is 0 Å². The Balaban J connectivity index is 1.06. The second-order valence-corrected chi connectivity index (χ2v) is 13.6. The third-order valence-electron chi connectivity index (χ3n) is 9.47. The molecule has 2 aromatic heterocycles. The molecule has 1 saturated carbocycles. The molecule has 1 aliphatic heterocycles. The van der Waals surface area contributed by atoms with Crippen LogP contribution in [0, 0.1) is 12.7 Å². The molecule has 0 radical (unpaired) electrons. The average molecular weight is 668 g/mol. The Hall–Kier alpha value is -4.61. The smallest absolute Gasteiger partial charge is 0.272 e. The van der Waals surface area contributed by atoms with E-state index in [1.165, 1.54) is 5.56 Å². The molecule has 3 N–H and O–H groups in total. The van der Waals surface area contributed by atoms with Crippen LogP contribution in [0.15, 0.2) is 66.9 Å². The molecule has 1 aliphatic carbocycles. The summed E-state index contributed by atoms with van der Waals surface area (Å²) in [5, 5.41) is 13.9. The number of benzene rings is 2. The summed E-state index contributed by atoms with van der Waals surface area (Å²) >= 11 is 0. The van der Waals surface area contributed by atoms with Gasteiger partial charge in [-0.1, -0.05) is 36.4 Å². The van der Waals surface area contributed by atoms with Gasteiger partial charge in [0, 0.05) is 56.5 Å². The first-order valence-corrected chi connectivity index (χ1v) is 17.2. The number of halogens is 1. The molecule has 11 heteroatoms. The molecule has 0 bridgehead atoms. The number of hydrogen-bond donors (Lipinski definition) is 3. The van der Waals surface area contributed by atoms with Gasteiger partial charge in [0.1, 0.15) is 22.8 Å². The first-order valence-electron chi connectivity index (χ1n) is 17.2. The Morgan fingerprint density at radius 1 is 0.918 bits per heavy atom. The summed E-state index contributed by atoms with van der Waals surface area (Å²) in [6, 6.07) is 19.9. The molecule has 2 aliphatic rings. The summed E-state index contributed by atoms with van der Waals surface area (Å²) in [6.45, 7) is 9.47. The summed E-state index contributed by atoms with van der Waals surface area (Å²) in [4.78, 5) is 32.7. The van der Waals surface area contributed by atoms with Crippen LogP contribution in [0.3, 0.4) is 0 Å². The van der Waals surface area contributed by atoms with E-state index in [0.29, 0.717) is 49.2 Å². The van der Waals surface area contributed by atoms with E-state index in [4.69, 9.17) is 4.74 Å². The molecule has 10 nitrogen and oxygen atoms in total. The van der Waals surface area contributed by atoms with Gasteiger partial charge in [-0.2, -0.15) is 5.10 Å². The predicted molar refractivity (Wildman–Crippen MR) is 187 cm³/mol. The van der Waals surface area contributed by atoms with Crippen molar-refractivity contribution in [2.45, 2.75) is 77.0 Å². The van der Waals surface area contributed by atoms with Gasteiger partial charge in [0.25, 0.3) is 11.8 Å². The molecule has 0 unspecified atom stereocenters. The van der Waals surface area contributed by atoms with Crippen molar-refractivity contribution in [3.63, 3.8) is 0 Å². The van der Waals surface area contributed by atoms with Crippen LogP contribution >= 0.6 is 0 Å². The van der Waals surface area contributed by atoms with Crippen LogP contribution in [0.25, 0.3) is 11.1 Å². The quantitative estimate of drug-likeness (QED) is 0.207. The van der Waals surface area contributed by atoms with E-state index in [2.05, 4.69) is 69.0 Å². The molecule has 4 aromatic rings. The first-order chi connectivity index (χ1) is 23.6. The number of pyridine rings is 1. The van der Waals surface area contributed by atoms with Gasteiger partial charge in [0.05, 0.1) is 6.20 Å². The van der Waals surface area contributed by atoms with Gasteiger partial charge in [-0.05, 0) is 93.8 Å². The number of amides is 2. The van der Waals surface area contributed by atoms with Gasteiger partial charge in [-0.3, -0.25) is 19.2 Å². The number of aryl methyl sites for hydroxylation is 2. The fourth-order valence-corrected chi connectivity index (χ4v) is 6.91. The van der Waals surface area contributed by atoms with E-state index in [9.17, 15) is 14.0 Å². The maximum absolute atomic E-state index is 14.4. The zero-order valence-electron chi connectivity index (χ0n) is 28.7. The van der Waals surface area contributed by atoms with E-state index in [-0.39, 0.29) is 29.4 Å². The zero-order chi connectivity index (χ0) is 34.5. The zero-order valence-corrected chi connectivity index (χ0v) is 28.7. The third kappa shape index (κ3) is 8.90. The monoisotopic (exact) mass is 667 g/mol. The lowest BCUT2D eigenvalue weighted by Gasteiger charge is -2.36. The molecule has 1 saturated heterocycles. The summed E-state index contributed by atoms with van der Waals surface area (Å²) in [5.41, 5.74) is 4.64. The Kier molecular flexibility index (Phi) is 10.7. The Labute approximate surface area is 287 Å². The van der Waals surface area contributed by atoms with Crippen molar-refractivity contribution in [1.29, 1.82) is 0 Å². The fraction of sp³-hybridized carbons (Fsp3) is 0.421. The number of ether oxygens (including phenoxy) is 1. The van der Waals surface area contributed by atoms with Crippen molar-refractivity contribution >= 4 is 11.8 Å². The third-order valence-corrected chi connectivity index (χ3v) is 9.47. The number of aromatic nitrogens is 3. The number of rotatable bonds is 10. The summed E-state index contributed by atoms with van der Waals surface area (Å²) in [5.74, 6) is -0.731. The lowest BCUT2D eigenvalue weighted by Crippen LogP contribution is -2.54. The number of piperazine rings is 1. The number of carbonyl (C=O) groups is 2. The van der Waals surface area contributed by atoms with Gasteiger partial charge in [0.15, 0.2) is 0 Å². The molecule has 2 atom stereocenters. The molecule has 49 heavy (non-hydrogen) atoms. The van der Waals surface area contributed by atoms with Gasteiger partial charge >= 0.3 is 0 Å². The highest BCUT2D eigenvalue weighted by molar-refractivity contribution is 5.96. The maximum Gasteiger partial charge on any atom is 0.272 e. The van der Waals surface area contributed by atoms with Crippen molar-refractivity contribution in [2.75, 3.05) is 19.6 Å². The topological polar surface area (TPSA) is 113 Å². The minimum atomic E-state index is -0.621. The number of hydrogen-bond acceptors (Lipinski definition) is 7. The van der Waals surface area contributed by atoms with Gasteiger partial charge in [0.2, 0.25) is 5.88 Å². The normalized spacial score (nSPS) is 21.2. The van der Waals surface area contributed by atoms with Crippen molar-refractivity contribution in [2.24, 2.45) is 7.05 Å². The minimum Gasteiger partial charge on any atom is -0.438 e. The molecule has 2 aromatic carbocycles. The van der Waals surface area contributed by atoms with Crippen molar-refractivity contribution in [3.8, 4) is 22.8 Å². The Bertz CT molecular complexity index is 1760. The molecular weight excluding hydrogens is 621 g/mol. The fourth-order valence-electron chi connectivity index (χ4n) is 6.91.